The van der Waals surface area contributed by atoms with Gasteiger partial charge in [-0.15, -0.1) is 0 Å². The lowest BCUT2D eigenvalue weighted by atomic mass is 10.00. The number of nitro groups is 1. The number of benzene rings is 3. The summed E-state index contributed by atoms with van der Waals surface area (Å²) in [6.45, 7) is 0. The first-order valence-electron chi connectivity index (χ1n) is 12.3. The van der Waals surface area contributed by atoms with Crippen LogP contribution in [0.5, 0.6) is 28.7 Å². The maximum Gasteiger partial charge on any atom is 0.343 e. The van der Waals surface area contributed by atoms with Gasteiger partial charge in [0.1, 0.15) is 0 Å². The molecule has 0 fully saturated rings. The van der Waals surface area contributed by atoms with Crippen molar-refractivity contribution in [3.8, 4) is 45.6 Å². The summed E-state index contributed by atoms with van der Waals surface area (Å²) in [6.07, 6.45) is 3.10. The van der Waals surface area contributed by atoms with Gasteiger partial charge in [0, 0.05) is 24.4 Å². The highest BCUT2D eigenvalue weighted by molar-refractivity contribution is 5.93. The van der Waals surface area contributed by atoms with Crippen molar-refractivity contribution in [1.82, 2.24) is 14.5 Å². The number of aromatic nitrogens is 3. The van der Waals surface area contributed by atoms with Crippen molar-refractivity contribution >= 4 is 22.7 Å². The minimum Gasteiger partial charge on any atom is -0.493 e. The van der Waals surface area contributed by atoms with Gasteiger partial charge in [0.25, 0.3) is 5.69 Å². The van der Waals surface area contributed by atoms with E-state index >= 15 is 0 Å². The van der Waals surface area contributed by atoms with Crippen LogP contribution in [-0.2, 0) is 0 Å². The molecular weight excluding hydrogens is 548 g/mol. The number of methoxy groups -OCH3 is 4. The van der Waals surface area contributed by atoms with Crippen molar-refractivity contribution in [3.05, 3.63) is 93.2 Å². The van der Waals surface area contributed by atoms with Crippen molar-refractivity contribution in [3.63, 3.8) is 0 Å². The van der Waals surface area contributed by atoms with Gasteiger partial charge in [0.2, 0.25) is 5.75 Å². The molecule has 214 valence electrons. The number of hydrogen-bond acceptors (Lipinski definition) is 10. The predicted molar refractivity (Wildman–Crippen MR) is 151 cm³/mol. The van der Waals surface area contributed by atoms with Gasteiger partial charge in [-0.3, -0.25) is 19.7 Å². The molecule has 0 saturated heterocycles. The summed E-state index contributed by atoms with van der Waals surface area (Å²) in [5, 5.41) is 11.0. The van der Waals surface area contributed by atoms with E-state index in [4.69, 9.17) is 23.7 Å². The van der Waals surface area contributed by atoms with E-state index in [0.29, 0.717) is 33.6 Å². The summed E-state index contributed by atoms with van der Waals surface area (Å²) in [6, 6.07) is 13.2. The summed E-state index contributed by atoms with van der Waals surface area (Å²) in [5.41, 5.74) is 1.82. The van der Waals surface area contributed by atoms with Crippen LogP contribution in [0.1, 0.15) is 10.4 Å². The quantitative estimate of drug-likeness (QED) is 0.115. The fourth-order valence-electron chi connectivity index (χ4n) is 4.59. The molecule has 0 atom stereocenters. The molecule has 0 unspecified atom stereocenters. The first-order chi connectivity index (χ1) is 20.3. The maximum absolute atomic E-state index is 13.2. The minimum absolute atomic E-state index is 0.0524. The number of carbonyl (C=O) groups is 1. The van der Waals surface area contributed by atoms with Crippen LogP contribution in [-0.4, -0.2) is 53.9 Å². The Bertz CT molecular complexity index is 1880. The normalized spacial score (nSPS) is 10.8. The van der Waals surface area contributed by atoms with Crippen LogP contribution in [0.25, 0.3) is 27.8 Å². The van der Waals surface area contributed by atoms with Gasteiger partial charge in [-0.2, -0.15) is 0 Å². The molecule has 0 bridgehead atoms. The Balaban J connectivity index is 1.71. The van der Waals surface area contributed by atoms with Crippen LogP contribution < -0.4 is 29.4 Å². The maximum atomic E-state index is 13.2. The predicted octanol–water partition coefficient (Wildman–Crippen LogP) is 4.54. The van der Waals surface area contributed by atoms with Crippen molar-refractivity contribution in [1.29, 1.82) is 0 Å². The zero-order chi connectivity index (χ0) is 30.0. The standard InChI is InChI=1S/C29H24N4O9/c1-38-22-10-7-17(13-23(22)42-28(34)16-5-8-18(9-6-16)33(36)37)25-21(14-24(39-2)26(40-3)27(25)41-4)32-20-11-12-30-15-19(20)31-29(32)35/h5-15H,1-4H3,(H,31,35). The van der Waals surface area contributed by atoms with Crippen LogP contribution in [0.4, 0.5) is 5.69 Å². The number of aromatic amines is 1. The number of pyridine rings is 1. The van der Waals surface area contributed by atoms with E-state index in [1.807, 2.05) is 0 Å². The van der Waals surface area contributed by atoms with E-state index in [2.05, 4.69) is 9.97 Å². The van der Waals surface area contributed by atoms with E-state index in [0.717, 1.165) is 0 Å². The number of rotatable bonds is 9. The molecule has 0 radical (unpaired) electrons. The third kappa shape index (κ3) is 4.83. The molecule has 0 aliphatic heterocycles. The largest absolute Gasteiger partial charge is 0.493 e. The number of esters is 1. The topological polar surface area (TPSA) is 157 Å². The Labute approximate surface area is 238 Å². The Kier molecular flexibility index (Phi) is 7.47. The molecular formula is C29H24N4O9. The number of nitro benzene ring substituents is 1. The van der Waals surface area contributed by atoms with Crippen molar-refractivity contribution in [2.24, 2.45) is 0 Å². The van der Waals surface area contributed by atoms with Crippen LogP contribution in [0.15, 0.2) is 71.8 Å². The van der Waals surface area contributed by atoms with Gasteiger partial charge >= 0.3 is 11.7 Å². The molecule has 0 aliphatic carbocycles. The zero-order valence-corrected chi connectivity index (χ0v) is 22.9. The Hall–Kier alpha value is -5.85. The van der Waals surface area contributed by atoms with E-state index in [1.165, 1.54) is 63.5 Å². The highest BCUT2D eigenvalue weighted by Gasteiger charge is 2.26. The van der Waals surface area contributed by atoms with E-state index < -0.39 is 16.6 Å². The molecule has 2 heterocycles. The fourth-order valence-corrected chi connectivity index (χ4v) is 4.59. The number of imidazole rings is 1. The number of H-pyrrole nitrogens is 1. The van der Waals surface area contributed by atoms with Crippen molar-refractivity contribution < 1.29 is 33.4 Å². The van der Waals surface area contributed by atoms with Crippen LogP contribution in [0.2, 0.25) is 0 Å². The summed E-state index contributed by atoms with van der Waals surface area (Å²) in [4.78, 5) is 43.6. The average molecular weight is 573 g/mol. The van der Waals surface area contributed by atoms with Crippen LogP contribution >= 0.6 is 0 Å². The lowest BCUT2D eigenvalue weighted by molar-refractivity contribution is -0.384. The summed E-state index contributed by atoms with van der Waals surface area (Å²) >= 11 is 0. The van der Waals surface area contributed by atoms with E-state index in [1.54, 1.807) is 36.5 Å². The number of nitrogens with zero attached hydrogens (tertiary/aromatic N) is 3. The van der Waals surface area contributed by atoms with Gasteiger partial charge in [-0.1, -0.05) is 6.07 Å². The fraction of sp³-hybridized carbons (Fsp3) is 0.138. The van der Waals surface area contributed by atoms with Crippen LogP contribution in [0, 0.1) is 10.1 Å². The second-order valence-electron chi connectivity index (χ2n) is 8.76. The molecule has 0 saturated carbocycles. The van der Waals surface area contributed by atoms with Crippen LogP contribution in [0.3, 0.4) is 0 Å². The molecule has 0 spiro atoms. The molecule has 5 aromatic rings. The van der Waals surface area contributed by atoms with Gasteiger partial charge in [0.05, 0.1) is 67.4 Å². The molecule has 42 heavy (non-hydrogen) atoms. The minimum atomic E-state index is -0.764. The lowest BCUT2D eigenvalue weighted by Crippen LogP contribution is -2.16. The van der Waals surface area contributed by atoms with Gasteiger partial charge in [-0.05, 0) is 35.9 Å². The SMILES string of the molecule is COc1ccc(-c2c(-n3c(=O)[nH]c4cnccc43)cc(OC)c(OC)c2OC)cc1OC(=O)c1ccc([N+](=O)[O-])cc1. The molecule has 13 heteroatoms. The second-order valence-corrected chi connectivity index (χ2v) is 8.76. The highest BCUT2D eigenvalue weighted by Crippen LogP contribution is 2.49. The van der Waals surface area contributed by atoms with E-state index in [-0.39, 0.29) is 34.2 Å². The Morgan fingerprint density at radius 2 is 1.60 bits per heavy atom. The lowest BCUT2D eigenvalue weighted by Gasteiger charge is -2.21. The van der Waals surface area contributed by atoms with Crippen molar-refractivity contribution in [2.45, 2.75) is 0 Å². The third-order valence-corrected chi connectivity index (χ3v) is 6.50. The summed E-state index contributed by atoms with van der Waals surface area (Å²) < 4.78 is 29.5. The molecule has 0 amide bonds. The molecule has 1 N–H and O–H groups in total. The Morgan fingerprint density at radius 3 is 2.24 bits per heavy atom. The number of fused-ring (bicyclic) bond motifs is 1. The molecule has 13 nitrogen and oxygen atoms in total. The number of non-ortho nitro benzene ring substituents is 1. The van der Waals surface area contributed by atoms with E-state index in [9.17, 15) is 19.7 Å². The third-order valence-electron chi connectivity index (χ3n) is 6.50. The first kappa shape index (κ1) is 27.7. The average Bonchev–Trinajstić information content (AvgIpc) is 3.35. The molecule has 5 rings (SSSR count). The first-order valence-corrected chi connectivity index (χ1v) is 12.3. The zero-order valence-electron chi connectivity index (χ0n) is 22.9. The smallest absolute Gasteiger partial charge is 0.343 e. The number of hydrogen-bond donors (Lipinski definition) is 1. The van der Waals surface area contributed by atoms with Gasteiger partial charge in [0.15, 0.2) is 23.0 Å². The summed E-state index contributed by atoms with van der Waals surface area (Å²) in [7, 11) is 5.79. The number of nitrogens with one attached hydrogen (secondary N) is 1. The Morgan fingerprint density at radius 1 is 0.881 bits per heavy atom. The monoisotopic (exact) mass is 572 g/mol. The second kappa shape index (κ2) is 11.3. The number of ether oxygens (including phenoxy) is 5. The molecule has 3 aromatic carbocycles. The molecule has 2 aromatic heterocycles. The number of carbonyl (C=O) groups excluding carboxylic acids is 1. The molecule has 0 aliphatic rings. The van der Waals surface area contributed by atoms with Crippen molar-refractivity contribution in [2.75, 3.05) is 28.4 Å². The highest BCUT2D eigenvalue weighted by atomic mass is 16.6. The van der Waals surface area contributed by atoms with Gasteiger partial charge in [-0.25, -0.2) is 9.59 Å². The summed E-state index contributed by atoms with van der Waals surface area (Å²) in [5.74, 6) is 0.359. The van der Waals surface area contributed by atoms with Gasteiger partial charge < -0.3 is 28.7 Å².